The smallest absolute Gasteiger partial charge is 0.0745 e. The predicted molar refractivity (Wildman–Crippen MR) is 28.2 cm³/mol. The van der Waals surface area contributed by atoms with Crippen molar-refractivity contribution in [3.8, 4) is 0 Å². The highest BCUT2D eigenvalue weighted by atomic mass is 32.2. The molecule has 0 unspecified atom stereocenters. The molecule has 0 aromatic heterocycles. The van der Waals surface area contributed by atoms with Crippen LogP contribution in [0.25, 0.3) is 0 Å². The minimum absolute atomic E-state index is 0.731. The lowest BCUT2D eigenvalue weighted by Gasteiger charge is -1.57. The van der Waals surface area contributed by atoms with Crippen molar-refractivity contribution in [1.29, 1.82) is 0 Å². The van der Waals surface area contributed by atoms with Crippen LogP contribution in [0.5, 0.6) is 0 Å². The molecule has 1 aliphatic rings. The largest absolute Gasteiger partial charge is 0.448 e. The summed E-state index contributed by atoms with van der Waals surface area (Å²) in [6.45, 7) is 0. The third-order valence-electron chi connectivity index (χ3n) is 0.314. The monoisotopic (exact) mass is 117 g/mol. The lowest BCUT2D eigenvalue weighted by Crippen LogP contribution is -1.41. The molecule has 0 radical (unpaired) electrons. The summed E-state index contributed by atoms with van der Waals surface area (Å²) in [6.07, 6.45) is 2.52. The van der Waals surface area contributed by atoms with Gasteiger partial charge in [-0.15, -0.1) is 0 Å². The minimum atomic E-state index is 0.731. The van der Waals surface area contributed by atoms with Crippen molar-refractivity contribution in [2.45, 2.75) is 0 Å². The fraction of sp³-hybridized carbons (Fsp3) is 0. The number of hydrogen-bond donors (Lipinski definition) is 1. The van der Waals surface area contributed by atoms with E-state index in [1.807, 2.05) is 0 Å². The van der Waals surface area contributed by atoms with Gasteiger partial charge < -0.3 is 0 Å². The van der Waals surface area contributed by atoms with Crippen LogP contribution in [0.1, 0.15) is 0 Å². The van der Waals surface area contributed by atoms with Gasteiger partial charge in [-0.25, -0.2) is 0 Å². The van der Waals surface area contributed by atoms with E-state index in [-0.39, 0.29) is 0 Å². The van der Waals surface area contributed by atoms with E-state index in [1.54, 1.807) is 0 Å². The molecule has 2 nitrogen and oxygen atoms in total. The Morgan fingerprint density at radius 1 is 1.83 bits per heavy atom. The molecule has 0 aliphatic carbocycles. The number of hydrogen-bond acceptors (Lipinski definition) is 4. The van der Waals surface area contributed by atoms with Crippen LogP contribution in [0.15, 0.2) is 13.9 Å². The highest BCUT2D eigenvalue weighted by Gasteiger charge is 2.12. The van der Waals surface area contributed by atoms with Crippen LogP contribution >= 0.6 is 24.6 Å². The van der Waals surface area contributed by atoms with Gasteiger partial charge in [-0.05, 0) is 0 Å². The van der Waals surface area contributed by atoms with E-state index in [0.29, 0.717) is 0 Å². The molecule has 0 saturated carbocycles. The molecule has 0 spiro atoms. The Balaban J connectivity index is 2.61. The van der Waals surface area contributed by atoms with Gasteiger partial charge in [-0.2, -0.15) is 0 Å². The van der Waals surface area contributed by atoms with Gasteiger partial charge in [0.1, 0.15) is 17.1 Å². The van der Waals surface area contributed by atoms with E-state index in [1.165, 1.54) is 11.9 Å². The zero-order chi connectivity index (χ0) is 4.41. The van der Waals surface area contributed by atoms with Crippen LogP contribution in [-0.4, -0.2) is 0 Å². The van der Waals surface area contributed by atoms with Crippen molar-refractivity contribution in [2.24, 2.45) is 9.63 Å². The summed E-state index contributed by atoms with van der Waals surface area (Å²) in [5.41, 5.74) is 0. The molecule has 1 aliphatic heterocycles. The second-order valence-electron chi connectivity index (χ2n) is 0.690. The van der Waals surface area contributed by atoms with E-state index in [2.05, 4.69) is 28.5 Å². The summed E-state index contributed by atoms with van der Waals surface area (Å²) in [5.74, 6) is 0. The quantitative estimate of drug-likeness (QED) is 0.291. The maximum absolute atomic E-state index is 3.87. The second kappa shape index (κ2) is 1.60. The molecule has 0 fully saturated rings. The van der Waals surface area contributed by atoms with Crippen LogP contribution in [0.3, 0.4) is 0 Å². The Morgan fingerprint density at radius 2 is 2.67 bits per heavy atom. The molecule has 0 aromatic rings. The summed E-state index contributed by atoms with van der Waals surface area (Å²) < 4.78 is 4.21. The molecule has 4 heteroatoms. The average Bonchev–Trinajstić information content (AvgIpc) is 1.86. The van der Waals surface area contributed by atoms with E-state index in [4.69, 9.17) is 0 Å². The molecule has 0 aromatic carbocycles. The fourth-order valence-electron chi connectivity index (χ4n) is 0.143. The second-order valence-corrected chi connectivity index (χ2v) is 2.19. The average molecular weight is 117 g/mol. The third-order valence-corrected chi connectivity index (χ3v) is 1.09. The summed E-state index contributed by atoms with van der Waals surface area (Å²) in [6, 6.07) is 0. The lowest BCUT2D eigenvalue weighted by molar-refractivity contribution is 1.33. The Labute approximate surface area is 45.3 Å². The minimum Gasteiger partial charge on any atom is -0.0745 e. The molecule has 0 saturated heterocycles. The lowest BCUT2D eigenvalue weighted by atomic mass is 11.1. The summed E-state index contributed by atoms with van der Waals surface area (Å²) in [7, 11) is 0. The first-order chi connectivity index (χ1) is 2.89. The third kappa shape index (κ3) is 0.712. The van der Waals surface area contributed by atoms with Crippen molar-refractivity contribution in [3.63, 3.8) is 0 Å². The first-order valence-electron chi connectivity index (χ1n) is 1.28. The highest BCUT2D eigenvalue weighted by molar-refractivity contribution is 8.14. The zero-order valence-electron chi connectivity index (χ0n) is 2.75. The molecule has 0 N–H and O–H groups in total. The molecule has 30 valence electrons. The van der Waals surface area contributed by atoms with E-state index in [0.717, 1.165) is 4.24 Å². The van der Waals surface area contributed by atoms with E-state index < -0.39 is 0 Å². The van der Waals surface area contributed by atoms with E-state index in [9.17, 15) is 0 Å². The molecule has 1 rings (SSSR count). The summed E-state index contributed by atoms with van der Waals surface area (Å²) in [4.78, 5) is 0. The standard InChI is InChI=1S/C2N2S2/c5-2-1-3-4-6-2/p+1. The van der Waals surface area contributed by atoms with Crippen molar-refractivity contribution < 1.29 is 0 Å². The van der Waals surface area contributed by atoms with Crippen LogP contribution in [-0.2, 0) is 0 Å². The first kappa shape index (κ1) is 4.12. The Hall–Kier alpha value is -0.0500. The first-order valence-corrected chi connectivity index (χ1v) is 2.50. The van der Waals surface area contributed by atoms with Crippen molar-refractivity contribution in [3.05, 3.63) is 10.4 Å². The predicted octanol–water partition coefficient (Wildman–Crippen LogP) is 1.63. The van der Waals surface area contributed by atoms with Gasteiger partial charge in [0.2, 0.25) is 0 Å². The van der Waals surface area contributed by atoms with Gasteiger partial charge in [-0.3, -0.25) is 0 Å². The maximum atomic E-state index is 3.87. The van der Waals surface area contributed by atoms with Gasteiger partial charge in [0.25, 0.3) is 0 Å². The van der Waals surface area contributed by atoms with Gasteiger partial charge in [-0.1, -0.05) is 17.1 Å². The Kier molecular flexibility index (Phi) is 1.10. The Morgan fingerprint density at radius 3 is 2.83 bits per heavy atom. The highest BCUT2D eigenvalue weighted by Crippen LogP contribution is 2.24. The normalized spacial score (nSPS) is 17.2. The molecular formula is C2HN2S2+. The molecular weight excluding hydrogens is 116 g/mol. The van der Waals surface area contributed by atoms with Crippen LogP contribution in [0.4, 0.5) is 0 Å². The molecule has 0 bridgehead atoms. The van der Waals surface area contributed by atoms with Crippen molar-refractivity contribution >= 4 is 24.6 Å². The molecule has 6 heavy (non-hydrogen) atoms. The SMILES string of the molecule is SC1=[C+]N=NS1. The van der Waals surface area contributed by atoms with Gasteiger partial charge >= 0.3 is 10.4 Å². The number of nitrogens with zero attached hydrogens (tertiary/aromatic N) is 2. The van der Waals surface area contributed by atoms with Gasteiger partial charge in [0, 0.05) is 0 Å². The zero-order valence-corrected chi connectivity index (χ0v) is 4.46. The molecule has 0 amide bonds. The maximum Gasteiger partial charge on any atom is 0.448 e. The van der Waals surface area contributed by atoms with Gasteiger partial charge in [0.05, 0.1) is 0 Å². The molecule has 1 heterocycles. The molecule has 0 atom stereocenters. The summed E-state index contributed by atoms with van der Waals surface area (Å²) >= 11 is 5.10. The van der Waals surface area contributed by atoms with Crippen LogP contribution < -0.4 is 0 Å². The number of thiol groups is 1. The van der Waals surface area contributed by atoms with Gasteiger partial charge in [0.15, 0.2) is 0 Å². The van der Waals surface area contributed by atoms with Crippen LogP contribution in [0, 0.1) is 6.20 Å². The van der Waals surface area contributed by atoms with Crippen LogP contribution in [0.2, 0.25) is 0 Å². The number of rotatable bonds is 0. The van der Waals surface area contributed by atoms with Crippen molar-refractivity contribution in [1.82, 2.24) is 0 Å². The summed E-state index contributed by atoms with van der Waals surface area (Å²) in [5, 5.41) is 3.39. The van der Waals surface area contributed by atoms with Crippen molar-refractivity contribution in [2.75, 3.05) is 0 Å². The Bertz CT molecular complexity index is 106. The topological polar surface area (TPSA) is 24.7 Å². The fourth-order valence-corrected chi connectivity index (χ4v) is 0.538. The van der Waals surface area contributed by atoms with E-state index >= 15 is 0 Å².